The fraction of sp³-hybridized carbons (Fsp3) is 0.188. The third-order valence-corrected chi connectivity index (χ3v) is 6.33. The van der Waals surface area contributed by atoms with Gasteiger partial charge in [-0.05, 0) is 29.8 Å². The highest BCUT2D eigenvalue weighted by atomic mass is 32.2. The Kier molecular flexibility index (Phi) is 4.70. The molecule has 3 rings (SSSR count). The van der Waals surface area contributed by atoms with Crippen LogP contribution in [0.2, 0.25) is 0 Å². The quantitative estimate of drug-likeness (QED) is 0.726. The van der Waals surface area contributed by atoms with Crippen LogP contribution in [-0.4, -0.2) is 20.5 Å². The van der Waals surface area contributed by atoms with Gasteiger partial charge in [0.25, 0.3) is 0 Å². The Bertz CT molecular complexity index is 927. The van der Waals surface area contributed by atoms with Crippen molar-refractivity contribution in [3.05, 3.63) is 54.0 Å². The van der Waals surface area contributed by atoms with Gasteiger partial charge in [0.15, 0.2) is 11.7 Å². The molecular formula is C16H16N2O4S2. The molecule has 2 aromatic heterocycles. The lowest BCUT2D eigenvalue weighted by atomic mass is 10.2. The number of nitrogens with zero attached hydrogens (tertiary/aromatic N) is 1. The molecule has 0 spiro atoms. The highest BCUT2D eigenvalue weighted by molar-refractivity contribution is 7.91. The van der Waals surface area contributed by atoms with Crippen molar-refractivity contribution in [1.29, 1.82) is 0 Å². The van der Waals surface area contributed by atoms with E-state index in [0.29, 0.717) is 11.7 Å². The van der Waals surface area contributed by atoms with E-state index in [4.69, 9.17) is 9.15 Å². The third kappa shape index (κ3) is 3.66. The van der Waals surface area contributed by atoms with Crippen LogP contribution in [0.3, 0.4) is 0 Å². The molecule has 0 aliphatic carbocycles. The molecule has 0 aliphatic heterocycles. The summed E-state index contributed by atoms with van der Waals surface area (Å²) in [5, 5.41) is 0. The largest absolute Gasteiger partial charge is 0.497 e. The topological polar surface area (TPSA) is 81.4 Å². The van der Waals surface area contributed by atoms with E-state index in [1.54, 1.807) is 44.5 Å². The average Bonchev–Trinajstić information content (AvgIpc) is 3.22. The van der Waals surface area contributed by atoms with Crippen molar-refractivity contribution < 1.29 is 17.6 Å². The van der Waals surface area contributed by atoms with Gasteiger partial charge in [-0.3, -0.25) is 0 Å². The summed E-state index contributed by atoms with van der Waals surface area (Å²) in [6.07, 6.45) is 1.59. The number of sulfonamides is 1. The number of benzene rings is 1. The number of methoxy groups -OCH3 is 1. The molecule has 0 aliphatic rings. The SMILES string of the molecule is COc1ccc(CNS(=O)(=O)c2ccc(-c3cnc(C)o3)s2)cc1. The molecule has 1 N–H and O–H groups in total. The molecule has 0 fully saturated rings. The van der Waals surface area contributed by atoms with Crippen LogP contribution in [0.15, 0.2) is 51.2 Å². The van der Waals surface area contributed by atoms with Gasteiger partial charge in [0.2, 0.25) is 10.0 Å². The molecule has 126 valence electrons. The van der Waals surface area contributed by atoms with Gasteiger partial charge in [0, 0.05) is 13.5 Å². The monoisotopic (exact) mass is 364 g/mol. The maximum atomic E-state index is 12.4. The van der Waals surface area contributed by atoms with Crippen LogP contribution in [0.5, 0.6) is 5.75 Å². The highest BCUT2D eigenvalue weighted by Crippen LogP contribution is 2.31. The first kappa shape index (κ1) is 16.7. The lowest BCUT2D eigenvalue weighted by Crippen LogP contribution is -2.22. The van der Waals surface area contributed by atoms with E-state index >= 15 is 0 Å². The molecule has 3 aromatic rings. The first-order valence-corrected chi connectivity index (χ1v) is 9.43. The molecular weight excluding hydrogens is 348 g/mol. The Balaban J connectivity index is 1.72. The number of oxazole rings is 1. The number of rotatable bonds is 6. The third-order valence-electron chi connectivity index (χ3n) is 3.34. The second kappa shape index (κ2) is 6.76. The van der Waals surface area contributed by atoms with Gasteiger partial charge in [0.05, 0.1) is 18.2 Å². The number of ether oxygens (including phenoxy) is 1. The molecule has 0 radical (unpaired) electrons. The van der Waals surface area contributed by atoms with Gasteiger partial charge < -0.3 is 9.15 Å². The first-order valence-electron chi connectivity index (χ1n) is 7.13. The Hall–Kier alpha value is -2.16. The molecule has 6 nitrogen and oxygen atoms in total. The van der Waals surface area contributed by atoms with Gasteiger partial charge in [0.1, 0.15) is 9.96 Å². The molecule has 0 amide bonds. The highest BCUT2D eigenvalue weighted by Gasteiger charge is 2.18. The molecule has 0 unspecified atom stereocenters. The Morgan fingerprint density at radius 3 is 2.58 bits per heavy atom. The number of aryl methyl sites for hydroxylation is 1. The van der Waals surface area contributed by atoms with Gasteiger partial charge >= 0.3 is 0 Å². The van der Waals surface area contributed by atoms with Crippen molar-refractivity contribution in [2.45, 2.75) is 17.7 Å². The molecule has 0 saturated carbocycles. The normalized spacial score (nSPS) is 11.6. The molecule has 0 saturated heterocycles. The van der Waals surface area contributed by atoms with E-state index in [1.165, 1.54) is 0 Å². The van der Waals surface area contributed by atoms with E-state index in [9.17, 15) is 8.42 Å². The van der Waals surface area contributed by atoms with E-state index in [0.717, 1.165) is 27.5 Å². The molecule has 2 heterocycles. The van der Waals surface area contributed by atoms with Crippen LogP contribution in [-0.2, 0) is 16.6 Å². The van der Waals surface area contributed by atoms with Crippen molar-refractivity contribution >= 4 is 21.4 Å². The Labute approximate surface area is 144 Å². The van der Waals surface area contributed by atoms with E-state index in [2.05, 4.69) is 9.71 Å². The van der Waals surface area contributed by atoms with Crippen LogP contribution in [0.25, 0.3) is 10.6 Å². The minimum absolute atomic E-state index is 0.209. The molecule has 1 aromatic carbocycles. The Morgan fingerprint density at radius 2 is 1.96 bits per heavy atom. The van der Waals surface area contributed by atoms with Gasteiger partial charge in [-0.15, -0.1) is 11.3 Å². The summed E-state index contributed by atoms with van der Waals surface area (Å²) in [5.41, 5.74) is 0.849. The summed E-state index contributed by atoms with van der Waals surface area (Å²) in [6.45, 7) is 1.95. The summed E-state index contributed by atoms with van der Waals surface area (Å²) in [5.74, 6) is 1.83. The lowest BCUT2D eigenvalue weighted by Gasteiger charge is -2.06. The number of hydrogen-bond acceptors (Lipinski definition) is 6. The maximum Gasteiger partial charge on any atom is 0.250 e. The van der Waals surface area contributed by atoms with Gasteiger partial charge in [-0.1, -0.05) is 12.1 Å². The molecule has 8 heteroatoms. The van der Waals surface area contributed by atoms with Gasteiger partial charge in [-0.25, -0.2) is 18.1 Å². The average molecular weight is 364 g/mol. The molecule has 0 atom stereocenters. The van der Waals surface area contributed by atoms with Gasteiger partial charge in [-0.2, -0.15) is 0 Å². The van der Waals surface area contributed by atoms with Crippen LogP contribution in [0, 0.1) is 6.92 Å². The Morgan fingerprint density at radius 1 is 1.21 bits per heavy atom. The zero-order valence-corrected chi connectivity index (χ0v) is 14.8. The van der Waals surface area contributed by atoms with Crippen molar-refractivity contribution in [3.8, 4) is 16.4 Å². The summed E-state index contributed by atoms with van der Waals surface area (Å²) < 4.78 is 38.1. The van der Waals surface area contributed by atoms with Crippen LogP contribution >= 0.6 is 11.3 Å². The fourth-order valence-electron chi connectivity index (χ4n) is 2.07. The number of hydrogen-bond donors (Lipinski definition) is 1. The van der Waals surface area contributed by atoms with E-state index in [1.807, 2.05) is 12.1 Å². The summed E-state index contributed by atoms with van der Waals surface area (Å²) in [7, 11) is -1.99. The van der Waals surface area contributed by atoms with E-state index < -0.39 is 10.0 Å². The summed E-state index contributed by atoms with van der Waals surface area (Å²) in [6, 6.07) is 10.5. The predicted octanol–water partition coefficient (Wildman–Crippen LogP) is 3.20. The number of thiophene rings is 1. The van der Waals surface area contributed by atoms with Crippen molar-refractivity contribution in [1.82, 2.24) is 9.71 Å². The standard InChI is InChI=1S/C16H16N2O4S2/c1-11-17-10-14(22-11)15-7-8-16(23-15)24(19,20)18-9-12-3-5-13(21-2)6-4-12/h3-8,10,18H,9H2,1-2H3. The minimum Gasteiger partial charge on any atom is -0.497 e. The van der Waals surface area contributed by atoms with Crippen molar-refractivity contribution in [3.63, 3.8) is 0 Å². The van der Waals surface area contributed by atoms with Crippen molar-refractivity contribution in [2.75, 3.05) is 7.11 Å². The summed E-state index contributed by atoms with van der Waals surface area (Å²) >= 11 is 1.14. The molecule has 0 bridgehead atoms. The zero-order valence-electron chi connectivity index (χ0n) is 13.1. The zero-order chi connectivity index (χ0) is 17.2. The van der Waals surface area contributed by atoms with Crippen molar-refractivity contribution in [2.24, 2.45) is 0 Å². The second-order valence-electron chi connectivity index (χ2n) is 5.03. The fourth-order valence-corrected chi connectivity index (χ4v) is 4.38. The smallest absolute Gasteiger partial charge is 0.250 e. The maximum absolute atomic E-state index is 12.4. The minimum atomic E-state index is -3.58. The number of aromatic nitrogens is 1. The number of nitrogens with one attached hydrogen (secondary N) is 1. The summed E-state index contributed by atoms with van der Waals surface area (Å²) in [4.78, 5) is 4.74. The van der Waals surface area contributed by atoms with Crippen LogP contribution in [0.4, 0.5) is 0 Å². The predicted molar refractivity (Wildman–Crippen MR) is 91.6 cm³/mol. The lowest BCUT2D eigenvalue weighted by molar-refractivity contribution is 0.414. The van der Waals surface area contributed by atoms with E-state index in [-0.39, 0.29) is 10.8 Å². The van der Waals surface area contributed by atoms with Crippen LogP contribution < -0.4 is 9.46 Å². The first-order chi connectivity index (χ1) is 11.5. The van der Waals surface area contributed by atoms with Crippen LogP contribution in [0.1, 0.15) is 11.5 Å². The molecule has 24 heavy (non-hydrogen) atoms. The second-order valence-corrected chi connectivity index (χ2v) is 8.11.